The third kappa shape index (κ3) is 2.79. The van der Waals surface area contributed by atoms with E-state index in [1.165, 1.54) is 6.92 Å². The number of carbonyl (C=O) groups excluding carboxylic acids is 2. The number of rotatable bonds is 4. The van der Waals surface area contributed by atoms with Crippen molar-refractivity contribution in [2.75, 3.05) is 0 Å². The molecular formula is C17H20N2O2. The van der Waals surface area contributed by atoms with E-state index < -0.39 is 5.54 Å². The van der Waals surface area contributed by atoms with Gasteiger partial charge in [-0.05, 0) is 31.9 Å². The highest BCUT2D eigenvalue weighted by Crippen LogP contribution is 2.32. The van der Waals surface area contributed by atoms with E-state index in [0.29, 0.717) is 11.1 Å². The molecule has 1 atom stereocenters. The normalized spacial score (nSPS) is 20.9. The van der Waals surface area contributed by atoms with Gasteiger partial charge in [-0.1, -0.05) is 26.0 Å². The smallest absolute Gasteiger partial charge is 0.161 e. The molecule has 0 saturated heterocycles. The molecule has 1 aromatic heterocycles. The van der Waals surface area contributed by atoms with Gasteiger partial charge in [-0.3, -0.25) is 14.6 Å². The van der Waals surface area contributed by atoms with Crippen molar-refractivity contribution in [1.82, 2.24) is 10.3 Å². The van der Waals surface area contributed by atoms with Crippen LogP contribution in [0.3, 0.4) is 0 Å². The molecule has 4 heteroatoms. The first-order valence-electron chi connectivity index (χ1n) is 7.02. The molecule has 1 N–H and O–H groups in total. The molecule has 1 aromatic rings. The van der Waals surface area contributed by atoms with Gasteiger partial charge in [0.15, 0.2) is 11.6 Å². The van der Waals surface area contributed by atoms with Gasteiger partial charge in [0, 0.05) is 23.5 Å². The van der Waals surface area contributed by atoms with Crippen molar-refractivity contribution in [2.45, 2.75) is 33.2 Å². The van der Waals surface area contributed by atoms with Crippen LogP contribution in [-0.4, -0.2) is 16.6 Å². The predicted molar refractivity (Wildman–Crippen MR) is 81.8 cm³/mol. The molecule has 1 unspecified atom stereocenters. The highest BCUT2D eigenvalue weighted by atomic mass is 16.1. The third-order valence-corrected chi connectivity index (χ3v) is 3.90. The quantitative estimate of drug-likeness (QED) is 0.864. The minimum atomic E-state index is -0.464. The first kappa shape index (κ1) is 15.2. The van der Waals surface area contributed by atoms with Gasteiger partial charge >= 0.3 is 0 Å². The van der Waals surface area contributed by atoms with Crippen LogP contribution in [0.15, 0.2) is 42.3 Å². The molecule has 110 valence electrons. The number of Topliss-reactive ketones (excluding diaryl/α,β-unsaturated/α-hetero) is 2. The molecule has 1 aliphatic rings. The summed E-state index contributed by atoms with van der Waals surface area (Å²) in [6, 6.07) is 3.65. The molecule has 0 amide bonds. The number of ketones is 2. The van der Waals surface area contributed by atoms with Crippen molar-refractivity contribution in [3.8, 4) is 0 Å². The van der Waals surface area contributed by atoms with Gasteiger partial charge < -0.3 is 5.32 Å². The summed E-state index contributed by atoms with van der Waals surface area (Å²) in [4.78, 5) is 27.2. The number of pyridine rings is 1. The number of dihydropyridines is 1. The van der Waals surface area contributed by atoms with Gasteiger partial charge in [0.05, 0.1) is 5.69 Å². The lowest BCUT2D eigenvalue weighted by atomic mass is 9.80. The van der Waals surface area contributed by atoms with Crippen LogP contribution in [-0.2, 0) is 10.3 Å². The Bertz CT molecular complexity index is 627. The molecule has 0 fully saturated rings. The van der Waals surface area contributed by atoms with E-state index >= 15 is 0 Å². The van der Waals surface area contributed by atoms with Crippen LogP contribution in [0, 0.1) is 5.92 Å². The van der Waals surface area contributed by atoms with Gasteiger partial charge in [0.1, 0.15) is 5.54 Å². The maximum atomic E-state index is 11.4. The van der Waals surface area contributed by atoms with E-state index in [4.69, 9.17) is 0 Å². The lowest BCUT2D eigenvalue weighted by Crippen LogP contribution is -2.45. The SMILES string of the molecule is CC(=O)C1=CNC(c2ccc(C(C)=O)cn2)(C(C)C)C=C1. The summed E-state index contributed by atoms with van der Waals surface area (Å²) in [5.41, 5.74) is 1.61. The maximum absolute atomic E-state index is 11.4. The zero-order chi connectivity index (χ0) is 15.6. The Morgan fingerprint density at radius 1 is 1.19 bits per heavy atom. The largest absolute Gasteiger partial charge is 0.376 e. The average molecular weight is 284 g/mol. The fourth-order valence-corrected chi connectivity index (χ4v) is 2.39. The number of nitrogens with zero attached hydrogens (tertiary/aromatic N) is 1. The van der Waals surface area contributed by atoms with Gasteiger partial charge in [0.25, 0.3) is 0 Å². The number of nitrogens with one attached hydrogen (secondary N) is 1. The maximum Gasteiger partial charge on any atom is 0.161 e. The Labute approximate surface area is 125 Å². The first-order valence-corrected chi connectivity index (χ1v) is 7.02. The number of allylic oxidation sites excluding steroid dienone is 2. The van der Waals surface area contributed by atoms with E-state index in [1.54, 1.807) is 25.4 Å². The van der Waals surface area contributed by atoms with Crippen molar-refractivity contribution < 1.29 is 9.59 Å². The van der Waals surface area contributed by atoms with E-state index in [2.05, 4.69) is 24.1 Å². The Hall–Kier alpha value is -2.23. The Balaban J connectivity index is 2.39. The minimum Gasteiger partial charge on any atom is -0.376 e. The highest BCUT2D eigenvalue weighted by Gasteiger charge is 2.35. The molecule has 21 heavy (non-hydrogen) atoms. The number of carbonyl (C=O) groups is 2. The summed E-state index contributed by atoms with van der Waals surface area (Å²) >= 11 is 0. The topological polar surface area (TPSA) is 59.1 Å². The Morgan fingerprint density at radius 2 is 1.90 bits per heavy atom. The zero-order valence-electron chi connectivity index (χ0n) is 12.8. The number of hydrogen-bond acceptors (Lipinski definition) is 4. The number of aromatic nitrogens is 1. The Morgan fingerprint density at radius 3 is 2.29 bits per heavy atom. The van der Waals surface area contributed by atoms with Crippen molar-refractivity contribution in [3.63, 3.8) is 0 Å². The van der Waals surface area contributed by atoms with Crippen molar-refractivity contribution in [3.05, 3.63) is 53.5 Å². The minimum absolute atomic E-state index is 0.00134. The van der Waals surface area contributed by atoms with E-state index in [9.17, 15) is 9.59 Å². The van der Waals surface area contributed by atoms with Crippen LogP contribution in [0.5, 0.6) is 0 Å². The predicted octanol–water partition coefficient (Wildman–Crippen LogP) is 2.77. The molecule has 2 rings (SSSR count). The van der Waals surface area contributed by atoms with E-state index in [1.807, 2.05) is 18.2 Å². The molecule has 0 aliphatic carbocycles. The lowest BCUT2D eigenvalue weighted by Gasteiger charge is -2.37. The molecule has 0 aromatic carbocycles. The van der Waals surface area contributed by atoms with Crippen molar-refractivity contribution in [2.24, 2.45) is 5.92 Å². The van der Waals surface area contributed by atoms with Crippen LogP contribution in [0.2, 0.25) is 0 Å². The zero-order valence-corrected chi connectivity index (χ0v) is 12.8. The van der Waals surface area contributed by atoms with Crippen LogP contribution < -0.4 is 5.32 Å². The van der Waals surface area contributed by atoms with Gasteiger partial charge in [-0.2, -0.15) is 0 Å². The summed E-state index contributed by atoms with van der Waals surface area (Å²) in [6.45, 7) is 7.24. The van der Waals surface area contributed by atoms with E-state index in [-0.39, 0.29) is 17.5 Å². The summed E-state index contributed by atoms with van der Waals surface area (Å²) in [5, 5.41) is 3.31. The fraction of sp³-hybridized carbons (Fsp3) is 0.353. The third-order valence-electron chi connectivity index (χ3n) is 3.90. The number of hydrogen-bond donors (Lipinski definition) is 1. The molecular weight excluding hydrogens is 264 g/mol. The van der Waals surface area contributed by atoms with Gasteiger partial charge in [0.2, 0.25) is 0 Å². The van der Waals surface area contributed by atoms with Crippen molar-refractivity contribution in [1.29, 1.82) is 0 Å². The molecule has 0 saturated carbocycles. The van der Waals surface area contributed by atoms with Gasteiger partial charge in [-0.15, -0.1) is 0 Å². The fourth-order valence-electron chi connectivity index (χ4n) is 2.39. The first-order chi connectivity index (χ1) is 9.86. The highest BCUT2D eigenvalue weighted by molar-refractivity contribution is 5.96. The summed E-state index contributed by atoms with van der Waals surface area (Å²) in [5.74, 6) is 0.253. The Kier molecular flexibility index (Phi) is 4.07. The van der Waals surface area contributed by atoms with Gasteiger partial charge in [-0.25, -0.2) is 0 Å². The van der Waals surface area contributed by atoms with Crippen LogP contribution in [0.25, 0.3) is 0 Å². The summed E-state index contributed by atoms with van der Waals surface area (Å²) in [7, 11) is 0. The van der Waals surface area contributed by atoms with Crippen LogP contribution in [0.1, 0.15) is 43.7 Å². The lowest BCUT2D eigenvalue weighted by molar-refractivity contribution is -0.113. The molecule has 4 nitrogen and oxygen atoms in total. The molecule has 0 bridgehead atoms. The van der Waals surface area contributed by atoms with E-state index in [0.717, 1.165) is 5.69 Å². The summed E-state index contributed by atoms with van der Waals surface area (Å²) < 4.78 is 0. The standard InChI is InChI=1S/C17H20N2O2/c1-11(2)17(8-7-15(10-19-17)13(4)21)16-6-5-14(9-18-16)12(3)20/h5-11,19H,1-4H3. The van der Waals surface area contributed by atoms with Crippen LogP contribution in [0.4, 0.5) is 0 Å². The second-order valence-electron chi connectivity index (χ2n) is 5.65. The molecule has 0 spiro atoms. The second kappa shape index (κ2) is 5.64. The second-order valence-corrected chi connectivity index (χ2v) is 5.65. The monoisotopic (exact) mass is 284 g/mol. The van der Waals surface area contributed by atoms with Crippen molar-refractivity contribution >= 4 is 11.6 Å². The average Bonchev–Trinajstić information content (AvgIpc) is 2.47. The molecule has 1 aliphatic heterocycles. The molecule has 2 heterocycles. The van der Waals surface area contributed by atoms with Crippen LogP contribution >= 0.6 is 0 Å². The summed E-state index contributed by atoms with van der Waals surface area (Å²) in [6.07, 6.45) is 7.15. The molecule has 0 radical (unpaired) electrons.